The van der Waals surface area contributed by atoms with Gasteiger partial charge in [-0.2, -0.15) is 0 Å². The van der Waals surface area contributed by atoms with Gasteiger partial charge in [0.05, 0.1) is 13.7 Å². The molecule has 0 N–H and O–H groups in total. The second kappa shape index (κ2) is 7.43. The topological polar surface area (TPSA) is 38.8 Å². The Labute approximate surface area is 91.8 Å². The van der Waals surface area contributed by atoms with Crippen LogP contribution in [0.4, 0.5) is 0 Å². The molecule has 4 heteroatoms. The molecule has 0 aliphatic rings. The summed E-state index contributed by atoms with van der Waals surface area (Å²) in [5.74, 6) is -0.275. The van der Waals surface area contributed by atoms with Gasteiger partial charge in [0.15, 0.2) is 0 Å². The van der Waals surface area contributed by atoms with Gasteiger partial charge >= 0.3 is 5.97 Å². The summed E-state index contributed by atoms with van der Waals surface area (Å²) < 4.78 is 9.65. The summed E-state index contributed by atoms with van der Waals surface area (Å²) >= 11 is 0. The van der Waals surface area contributed by atoms with Gasteiger partial charge in [-0.25, -0.2) is 4.79 Å². The van der Waals surface area contributed by atoms with Crippen molar-refractivity contribution < 1.29 is 14.3 Å². The van der Waals surface area contributed by atoms with Crippen molar-refractivity contribution in [2.75, 3.05) is 34.4 Å². The van der Waals surface area contributed by atoms with E-state index in [1.807, 2.05) is 13.1 Å². The van der Waals surface area contributed by atoms with Crippen LogP contribution in [0.25, 0.3) is 0 Å². The minimum Gasteiger partial charge on any atom is -0.466 e. The average molecular weight is 215 g/mol. The fourth-order valence-corrected chi connectivity index (χ4v) is 1.07. The van der Waals surface area contributed by atoms with Gasteiger partial charge in [0.25, 0.3) is 0 Å². The van der Waals surface area contributed by atoms with Crippen molar-refractivity contribution in [1.82, 2.24) is 4.90 Å². The molecule has 0 saturated carbocycles. The van der Waals surface area contributed by atoms with E-state index in [1.54, 1.807) is 14.0 Å². The number of ether oxygens (including phenoxy) is 2. The fraction of sp³-hybridized carbons (Fsp3) is 0.727. The normalized spacial score (nSPS) is 14.1. The van der Waals surface area contributed by atoms with Gasteiger partial charge in [-0.15, -0.1) is 0 Å². The van der Waals surface area contributed by atoms with Gasteiger partial charge in [-0.1, -0.05) is 6.08 Å². The molecule has 0 bridgehead atoms. The number of methoxy groups -OCH3 is 2. The molecule has 0 radical (unpaired) electrons. The van der Waals surface area contributed by atoms with Gasteiger partial charge < -0.3 is 9.47 Å². The van der Waals surface area contributed by atoms with Crippen molar-refractivity contribution >= 4 is 5.97 Å². The van der Waals surface area contributed by atoms with Gasteiger partial charge in [-0.3, -0.25) is 4.90 Å². The Bertz CT molecular complexity index is 226. The molecule has 0 aliphatic heterocycles. The lowest BCUT2D eigenvalue weighted by Gasteiger charge is -2.22. The highest BCUT2D eigenvalue weighted by Gasteiger charge is 2.08. The van der Waals surface area contributed by atoms with E-state index >= 15 is 0 Å². The second-order valence-electron chi connectivity index (χ2n) is 3.62. The lowest BCUT2D eigenvalue weighted by atomic mass is 10.2. The SMILES string of the molecule is COCC(C)N(C)CC=C(C)C(=O)OC. The molecule has 1 unspecified atom stereocenters. The quantitative estimate of drug-likeness (QED) is 0.491. The zero-order chi connectivity index (χ0) is 11.8. The van der Waals surface area contributed by atoms with Crippen molar-refractivity contribution in [3.8, 4) is 0 Å². The Morgan fingerprint density at radius 3 is 2.53 bits per heavy atom. The maximum absolute atomic E-state index is 11.1. The average Bonchev–Trinajstić information content (AvgIpc) is 2.24. The Balaban J connectivity index is 4.07. The van der Waals surface area contributed by atoms with Crippen molar-refractivity contribution in [3.63, 3.8) is 0 Å². The molecule has 0 heterocycles. The summed E-state index contributed by atoms with van der Waals surface area (Å²) in [6.45, 7) is 5.22. The molecule has 0 aromatic rings. The van der Waals surface area contributed by atoms with Gasteiger partial charge in [0, 0.05) is 25.3 Å². The number of hydrogen-bond acceptors (Lipinski definition) is 4. The van der Waals surface area contributed by atoms with Crippen LogP contribution in [0.15, 0.2) is 11.6 Å². The number of likely N-dealkylation sites (N-methyl/N-ethyl adjacent to an activating group) is 1. The number of hydrogen-bond donors (Lipinski definition) is 0. The van der Waals surface area contributed by atoms with Crippen LogP contribution in [0.5, 0.6) is 0 Å². The third-order valence-corrected chi connectivity index (χ3v) is 2.35. The van der Waals surface area contributed by atoms with Crippen LogP contribution in [0.2, 0.25) is 0 Å². The molecule has 1 atom stereocenters. The number of carbonyl (C=O) groups is 1. The van der Waals surface area contributed by atoms with Crippen LogP contribution >= 0.6 is 0 Å². The van der Waals surface area contributed by atoms with Gasteiger partial charge in [0.2, 0.25) is 0 Å². The molecule has 0 aliphatic carbocycles. The van der Waals surface area contributed by atoms with Crippen molar-refractivity contribution in [2.45, 2.75) is 19.9 Å². The summed E-state index contributed by atoms with van der Waals surface area (Å²) in [6.07, 6.45) is 1.86. The lowest BCUT2D eigenvalue weighted by molar-refractivity contribution is -0.136. The first kappa shape index (κ1) is 14.1. The van der Waals surface area contributed by atoms with Gasteiger partial charge in [-0.05, 0) is 20.9 Å². The molecule has 0 spiro atoms. The summed E-state index contributed by atoms with van der Waals surface area (Å²) in [6, 6.07) is 0.330. The van der Waals surface area contributed by atoms with E-state index in [0.717, 1.165) is 0 Å². The van der Waals surface area contributed by atoms with E-state index in [4.69, 9.17) is 4.74 Å². The smallest absolute Gasteiger partial charge is 0.333 e. The molecule has 88 valence electrons. The van der Waals surface area contributed by atoms with E-state index in [9.17, 15) is 4.79 Å². The van der Waals surface area contributed by atoms with Crippen molar-refractivity contribution in [3.05, 3.63) is 11.6 Å². The van der Waals surface area contributed by atoms with Crippen LogP contribution < -0.4 is 0 Å². The zero-order valence-electron chi connectivity index (χ0n) is 10.2. The minimum absolute atomic E-state index is 0.275. The molecule has 4 nitrogen and oxygen atoms in total. The van der Waals surface area contributed by atoms with E-state index in [2.05, 4.69) is 16.6 Å². The first-order valence-corrected chi connectivity index (χ1v) is 4.97. The first-order chi connectivity index (χ1) is 7.02. The van der Waals surface area contributed by atoms with Gasteiger partial charge in [0.1, 0.15) is 0 Å². The molecule has 0 aromatic carbocycles. The number of rotatable bonds is 6. The number of nitrogens with zero attached hydrogens (tertiary/aromatic N) is 1. The summed E-state index contributed by atoms with van der Waals surface area (Å²) in [4.78, 5) is 13.2. The molecule has 0 amide bonds. The van der Waals surface area contributed by atoms with E-state index < -0.39 is 0 Å². The fourth-order valence-electron chi connectivity index (χ4n) is 1.07. The lowest BCUT2D eigenvalue weighted by Crippen LogP contribution is -2.33. The maximum atomic E-state index is 11.1. The van der Waals surface area contributed by atoms with Crippen LogP contribution in [0, 0.1) is 0 Å². The Hall–Kier alpha value is -0.870. The van der Waals surface area contributed by atoms with Crippen molar-refractivity contribution in [1.29, 1.82) is 0 Å². The highest BCUT2D eigenvalue weighted by molar-refractivity contribution is 5.87. The highest BCUT2D eigenvalue weighted by atomic mass is 16.5. The molecular formula is C11H21NO3. The summed E-state index contributed by atoms with van der Waals surface area (Å²) in [7, 11) is 5.06. The molecule has 0 fully saturated rings. The van der Waals surface area contributed by atoms with Crippen LogP contribution in [0.1, 0.15) is 13.8 Å². The first-order valence-electron chi connectivity index (χ1n) is 4.97. The maximum Gasteiger partial charge on any atom is 0.333 e. The minimum atomic E-state index is -0.275. The van der Waals surface area contributed by atoms with E-state index in [0.29, 0.717) is 24.8 Å². The van der Waals surface area contributed by atoms with Crippen LogP contribution in [0.3, 0.4) is 0 Å². The third kappa shape index (κ3) is 5.54. The molecule has 0 saturated heterocycles. The summed E-state index contributed by atoms with van der Waals surface area (Å²) in [5, 5.41) is 0. The standard InChI is InChI=1S/C11H21NO3/c1-9(11(13)15-5)6-7-12(3)10(2)8-14-4/h6,10H,7-8H2,1-5H3. The number of esters is 1. The largest absolute Gasteiger partial charge is 0.466 e. The van der Waals surface area contributed by atoms with Crippen LogP contribution in [-0.4, -0.2) is 51.3 Å². The van der Waals surface area contributed by atoms with E-state index in [1.165, 1.54) is 7.11 Å². The van der Waals surface area contributed by atoms with E-state index in [-0.39, 0.29) is 5.97 Å². The second-order valence-corrected chi connectivity index (χ2v) is 3.62. The molecule has 0 aromatic heterocycles. The highest BCUT2D eigenvalue weighted by Crippen LogP contribution is 2.00. The summed E-state index contributed by atoms with van der Waals surface area (Å²) in [5.41, 5.74) is 0.633. The molecule has 15 heavy (non-hydrogen) atoms. The monoisotopic (exact) mass is 215 g/mol. The number of carbonyl (C=O) groups excluding carboxylic acids is 1. The Morgan fingerprint density at radius 1 is 1.47 bits per heavy atom. The molecular weight excluding hydrogens is 194 g/mol. The predicted molar refractivity (Wildman–Crippen MR) is 59.7 cm³/mol. The van der Waals surface area contributed by atoms with Crippen molar-refractivity contribution in [2.24, 2.45) is 0 Å². The van der Waals surface area contributed by atoms with Crippen LogP contribution in [-0.2, 0) is 14.3 Å². The Kier molecular flexibility index (Phi) is 6.99. The Morgan fingerprint density at radius 2 is 2.07 bits per heavy atom. The third-order valence-electron chi connectivity index (χ3n) is 2.35. The zero-order valence-corrected chi connectivity index (χ0v) is 10.2. The predicted octanol–water partition coefficient (Wildman–Crippen LogP) is 1.07. The molecule has 0 rings (SSSR count).